The van der Waals surface area contributed by atoms with E-state index in [1.807, 2.05) is 13.0 Å². The van der Waals surface area contributed by atoms with Crippen molar-refractivity contribution in [1.29, 1.82) is 0 Å². The third-order valence-corrected chi connectivity index (χ3v) is 1.79. The Morgan fingerprint density at radius 3 is 2.79 bits per heavy atom. The minimum Gasteiger partial charge on any atom is -0.492 e. The second-order valence-electron chi connectivity index (χ2n) is 2.96. The lowest BCUT2D eigenvalue weighted by Gasteiger charge is -2.06. The molecule has 14 heavy (non-hydrogen) atoms. The smallest absolute Gasteiger partial charge is 0.153 e. The third kappa shape index (κ3) is 2.69. The number of aryl methyl sites for hydroxylation is 1. The van der Waals surface area contributed by atoms with Crippen LogP contribution in [0.5, 0.6) is 5.75 Å². The van der Waals surface area contributed by atoms with Crippen LogP contribution in [0.15, 0.2) is 18.2 Å². The summed E-state index contributed by atoms with van der Waals surface area (Å²) in [4.78, 5) is 20.7. The standard InChI is InChI=1S/C11H12O3/c1-9-3-4-11(10(7-9)8-13)14-6-2-5-12/h3-5,7-8H,2,6H2,1H3. The number of ether oxygens (including phenoxy) is 1. The minimum atomic E-state index is 0.313. The van der Waals surface area contributed by atoms with Crippen LogP contribution in [0, 0.1) is 6.92 Å². The summed E-state index contributed by atoms with van der Waals surface area (Å²) in [7, 11) is 0. The summed E-state index contributed by atoms with van der Waals surface area (Å²) in [5.41, 5.74) is 1.53. The lowest BCUT2D eigenvalue weighted by molar-refractivity contribution is -0.108. The fourth-order valence-electron chi connectivity index (χ4n) is 1.11. The average Bonchev–Trinajstić information content (AvgIpc) is 2.20. The summed E-state index contributed by atoms with van der Waals surface area (Å²) >= 11 is 0. The van der Waals surface area contributed by atoms with Gasteiger partial charge in [0.05, 0.1) is 12.2 Å². The van der Waals surface area contributed by atoms with Gasteiger partial charge in [-0.2, -0.15) is 0 Å². The molecule has 0 saturated heterocycles. The fourth-order valence-corrected chi connectivity index (χ4v) is 1.11. The van der Waals surface area contributed by atoms with Crippen LogP contribution in [0.1, 0.15) is 22.3 Å². The summed E-state index contributed by atoms with van der Waals surface area (Å²) in [6.07, 6.45) is 1.88. The fraction of sp³-hybridized carbons (Fsp3) is 0.273. The molecule has 0 spiro atoms. The number of benzene rings is 1. The summed E-state index contributed by atoms with van der Waals surface area (Å²) in [5.74, 6) is 0.535. The molecule has 0 unspecified atom stereocenters. The predicted octanol–water partition coefficient (Wildman–Crippen LogP) is 1.78. The second kappa shape index (κ2) is 5.17. The van der Waals surface area contributed by atoms with E-state index in [4.69, 9.17) is 4.74 Å². The molecule has 0 aliphatic rings. The topological polar surface area (TPSA) is 43.4 Å². The Hall–Kier alpha value is -1.64. The maximum Gasteiger partial charge on any atom is 0.153 e. The number of carbonyl (C=O) groups excluding carboxylic acids is 2. The molecule has 1 rings (SSSR count). The van der Waals surface area contributed by atoms with Gasteiger partial charge in [-0.25, -0.2) is 0 Å². The van der Waals surface area contributed by atoms with Crippen molar-refractivity contribution in [2.75, 3.05) is 6.61 Å². The number of hydrogen-bond donors (Lipinski definition) is 0. The highest BCUT2D eigenvalue weighted by molar-refractivity contribution is 5.79. The third-order valence-electron chi connectivity index (χ3n) is 1.79. The van der Waals surface area contributed by atoms with Crippen LogP contribution in [0.2, 0.25) is 0 Å². The maximum absolute atomic E-state index is 10.7. The molecule has 0 N–H and O–H groups in total. The van der Waals surface area contributed by atoms with Crippen LogP contribution in [0.3, 0.4) is 0 Å². The van der Waals surface area contributed by atoms with Crippen LogP contribution in [-0.4, -0.2) is 19.2 Å². The van der Waals surface area contributed by atoms with Gasteiger partial charge in [-0.05, 0) is 19.1 Å². The highest BCUT2D eigenvalue weighted by Crippen LogP contribution is 2.17. The molecule has 0 heterocycles. The number of rotatable bonds is 5. The first kappa shape index (κ1) is 10.4. The monoisotopic (exact) mass is 192 g/mol. The van der Waals surface area contributed by atoms with E-state index in [0.29, 0.717) is 24.3 Å². The van der Waals surface area contributed by atoms with Gasteiger partial charge < -0.3 is 9.53 Å². The van der Waals surface area contributed by atoms with Gasteiger partial charge >= 0.3 is 0 Å². The molecule has 1 aromatic carbocycles. The first-order chi connectivity index (χ1) is 6.77. The van der Waals surface area contributed by atoms with E-state index in [1.165, 1.54) is 0 Å². The van der Waals surface area contributed by atoms with Crippen molar-refractivity contribution in [1.82, 2.24) is 0 Å². The molecule has 0 saturated carbocycles. The van der Waals surface area contributed by atoms with Gasteiger partial charge in [-0.3, -0.25) is 4.79 Å². The van der Waals surface area contributed by atoms with Crippen molar-refractivity contribution in [3.8, 4) is 5.75 Å². The Kier molecular flexibility index (Phi) is 3.85. The van der Waals surface area contributed by atoms with E-state index < -0.39 is 0 Å². The van der Waals surface area contributed by atoms with Crippen LogP contribution in [0.4, 0.5) is 0 Å². The van der Waals surface area contributed by atoms with Crippen LogP contribution >= 0.6 is 0 Å². The molecule has 0 radical (unpaired) electrons. The largest absolute Gasteiger partial charge is 0.492 e. The van der Waals surface area contributed by atoms with Gasteiger partial charge in [0, 0.05) is 6.42 Å². The molecule has 0 aliphatic heterocycles. The molecule has 0 bridgehead atoms. The van der Waals surface area contributed by atoms with E-state index >= 15 is 0 Å². The predicted molar refractivity (Wildman–Crippen MR) is 52.7 cm³/mol. The molecule has 0 atom stereocenters. The molecule has 1 aromatic rings. The number of carbonyl (C=O) groups is 2. The lowest BCUT2D eigenvalue weighted by atomic mass is 10.1. The van der Waals surface area contributed by atoms with Crippen molar-refractivity contribution in [2.45, 2.75) is 13.3 Å². The van der Waals surface area contributed by atoms with Crippen molar-refractivity contribution < 1.29 is 14.3 Å². The van der Waals surface area contributed by atoms with Gasteiger partial charge in [0.1, 0.15) is 12.0 Å². The Bertz CT molecular complexity index is 331. The average molecular weight is 192 g/mol. The van der Waals surface area contributed by atoms with Gasteiger partial charge in [0.15, 0.2) is 6.29 Å². The SMILES string of the molecule is Cc1ccc(OCCC=O)c(C=O)c1. The Balaban J connectivity index is 2.74. The van der Waals surface area contributed by atoms with Crippen molar-refractivity contribution in [3.05, 3.63) is 29.3 Å². The first-order valence-corrected chi connectivity index (χ1v) is 4.40. The van der Waals surface area contributed by atoms with Crippen LogP contribution < -0.4 is 4.74 Å². The molecular formula is C11H12O3. The summed E-state index contributed by atoms with van der Waals surface area (Å²) in [6.45, 7) is 2.22. The molecule has 74 valence electrons. The molecular weight excluding hydrogens is 180 g/mol. The van der Waals surface area contributed by atoms with E-state index in [1.54, 1.807) is 12.1 Å². The maximum atomic E-state index is 10.7. The first-order valence-electron chi connectivity index (χ1n) is 4.40. The Morgan fingerprint density at radius 1 is 1.36 bits per heavy atom. The van der Waals surface area contributed by atoms with Gasteiger partial charge in [0.2, 0.25) is 0 Å². The zero-order valence-electron chi connectivity index (χ0n) is 8.03. The molecule has 3 heteroatoms. The molecule has 0 aromatic heterocycles. The molecule has 0 aliphatic carbocycles. The summed E-state index contributed by atoms with van der Waals surface area (Å²) in [5, 5.41) is 0. The highest BCUT2D eigenvalue weighted by Gasteiger charge is 2.02. The number of hydrogen-bond acceptors (Lipinski definition) is 3. The van der Waals surface area contributed by atoms with Crippen LogP contribution in [0.25, 0.3) is 0 Å². The van der Waals surface area contributed by atoms with Gasteiger partial charge in [0.25, 0.3) is 0 Å². The molecule has 3 nitrogen and oxygen atoms in total. The zero-order chi connectivity index (χ0) is 10.4. The van der Waals surface area contributed by atoms with E-state index in [2.05, 4.69) is 0 Å². The van der Waals surface area contributed by atoms with E-state index in [9.17, 15) is 9.59 Å². The van der Waals surface area contributed by atoms with Gasteiger partial charge in [-0.1, -0.05) is 11.6 Å². The van der Waals surface area contributed by atoms with Gasteiger partial charge in [-0.15, -0.1) is 0 Å². The second-order valence-corrected chi connectivity index (χ2v) is 2.96. The quantitative estimate of drug-likeness (QED) is 0.527. The van der Waals surface area contributed by atoms with E-state index in [-0.39, 0.29) is 0 Å². The van der Waals surface area contributed by atoms with Crippen molar-refractivity contribution >= 4 is 12.6 Å². The van der Waals surface area contributed by atoms with Crippen molar-refractivity contribution in [3.63, 3.8) is 0 Å². The minimum absolute atomic E-state index is 0.313. The Labute approximate surface area is 82.7 Å². The normalized spacial score (nSPS) is 9.50. The van der Waals surface area contributed by atoms with E-state index in [0.717, 1.165) is 18.1 Å². The number of aldehydes is 2. The highest BCUT2D eigenvalue weighted by atomic mass is 16.5. The molecule has 0 amide bonds. The lowest BCUT2D eigenvalue weighted by Crippen LogP contribution is -2.00. The zero-order valence-corrected chi connectivity index (χ0v) is 8.03. The molecule has 0 fully saturated rings. The summed E-state index contributed by atoms with van der Waals surface area (Å²) in [6, 6.07) is 5.36. The summed E-state index contributed by atoms with van der Waals surface area (Å²) < 4.78 is 5.26. The van der Waals surface area contributed by atoms with Crippen LogP contribution in [-0.2, 0) is 4.79 Å². The Morgan fingerprint density at radius 2 is 2.14 bits per heavy atom. The van der Waals surface area contributed by atoms with Crippen molar-refractivity contribution in [2.24, 2.45) is 0 Å².